The van der Waals surface area contributed by atoms with Gasteiger partial charge in [0.1, 0.15) is 0 Å². The van der Waals surface area contributed by atoms with Gasteiger partial charge in [0.25, 0.3) is 0 Å². The minimum atomic E-state index is 0.106. The minimum Gasteiger partial charge on any atom is -0.379 e. The number of hydrogen-bond donors (Lipinski definition) is 1. The van der Waals surface area contributed by atoms with Crippen molar-refractivity contribution in [1.82, 2.24) is 15.1 Å². The Balaban J connectivity index is 1.32. The van der Waals surface area contributed by atoms with E-state index in [4.69, 9.17) is 9.47 Å². The van der Waals surface area contributed by atoms with Gasteiger partial charge in [-0.3, -0.25) is 4.90 Å². The lowest BCUT2D eigenvalue weighted by atomic mass is 9.90. The maximum absolute atomic E-state index is 12.4. The molecule has 3 saturated heterocycles. The van der Waals surface area contributed by atoms with E-state index in [0.717, 1.165) is 71.9 Å². The van der Waals surface area contributed by atoms with Crippen LogP contribution in [-0.4, -0.2) is 81.0 Å². The Hall–Kier alpha value is -0.850. The Kier molecular flexibility index (Phi) is 6.75. The zero-order chi connectivity index (χ0) is 16.8. The fraction of sp³-hybridized carbons (Fsp3) is 0.944. The van der Waals surface area contributed by atoms with Gasteiger partial charge >= 0.3 is 6.03 Å². The Morgan fingerprint density at radius 2 is 1.88 bits per heavy atom. The van der Waals surface area contributed by atoms with Crippen LogP contribution >= 0.6 is 0 Å². The summed E-state index contributed by atoms with van der Waals surface area (Å²) in [7, 11) is 0. The van der Waals surface area contributed by atoms with Gasteiger partial charge in [-0.15, -0.1) is 0 Å². The molecule has 24 heavy (non-hydrogen) atoms. The number of piperidine rings is 1. The highest BCUT2D eigenvalue weighted by atomic mass is 16.5. The molecule has 6 heteroatoms. The van der Waals surface area contributed by atoms with Crippen LogP contribution in [0.4, 0.5) is 4.79 Å². The molecule has 1 N–H and O–H groups in total. The summed E-state index contributed by atoms with van der Waals surface area (Å²) < 4.78 is 11.2. The van der Waals surface area contributed by atoms with E-state index in [1.807, 2.05) is 4.90 Å². The molecule has 0 bridgehead atoms. The van der Waals surface area contributed by atoms with Crippen LogP contribution in [0.2, 0.25) is 0 Å². The van der Waals surface area contributed by atoms with Crippen LogP contribution in [0.1, 0.15) is 32.6 Å². The number of rotatable bonds is 5. The third-order valence-corrected chi connectivity index (χ3v) is 5.59. The standard InChI is InChI=1S/C18H33N3O3/c1-15(14-20-8-11-23-12-9-20)13-19-18(22)21-6-4-16(5-7-21)17-3-2-10-24-17/h15-17H,2-14H2,1H3,(H,19,22)/t15-,17-/m0/s1. The number of carbonyl (C=O) groups excluding carboxylic acids is 1. The predicted molar refractivity (Wildman–Crippen MR) is 93.1 cm³/mol. The summed E-state index contributed by atoms with van der Waals surface area (Å²) in [5.74, 6) is 1.12. The van der Waals surface area contributed by atoms with Crippen molar-refractivity contribution in [2.75, 3.05) is 59.1 Å². The summed E-state index contributed by atoms with van der Waals surface area (Å²) in [6, 6.07) is 0.106. The Morgan fingerprint density at radius 1 is 1.12 bits per heavy atom. The van der Waals surface area contributed by atoms with Crippen LogP contribution in [0.3, 0.4) is 0 Å². The van der Waals surface area contributed by atoms with Gasteiger partial charge in [-0.2, -0.15) is 0 Å². The number of carbonyl (C=O) groups is 1. The summed E-state index contributed by atoms with van der Waals surface area (Å²) in [6.45, 7) is 10.3. The van der Waals surface area contributed by atoms with Crippen molar-refractivity contribution in [2.45, 2.75) is 38.7 Å². The molecule has 0 unspecified atom stereocenters. The third kappa shape index (κ3) is 5.07. The molecule has 3 aliphatic heterocycles. The van der Waals surface area contributed by atoms with Crippen molar-refractivity contribution in [1.29, 1.82) is 0 Å². The number of morpholine rings is 1. The second-order valence-corrected chi connectivity index (χ2v) is 7.58. The monoisotopic (exact) mass is 339 g/mol. The number of amides is 2. The average Bonchev–Trinajstić information content (AvgIpc) is 3.15. The van der Waals surface area contributed by atoms with Gasteiger partial charge in [-0.25, -0.2) is 4.79 Å². The summed E-state index contributed by atoms with van der Waals surface area (Å²) in [4.78, 5) is 16.8. The fourth-order valence-electron chi connectivity index (χ4n) is 4.11. The second-order valence-electron chi connectivity index (χ2n) is 7.58. The normalized spacial score (nSPS) is 28.0. The molecule has 0 radical (unpaired) electrons. The molecule has 0 spiro atoms. The molecule has 0 aromatic rings. The van der Waals surface area contributed by atoms with Crippen molar-refractivity contribution in [3.8, 4) is 0 Å². The SMILES string of the molecule is C[C@@H](CNC(=O)N1CCC([C@@H]2CCCO2)CC1)CN1CCOCC1. The first kappa shape index (κ1) is 18.0. The van der Waals surface area contributed by atoms with Crippen molar-refractivity contribution in [3.05, 3.63) is 0 Å². The van der Waals surface area contributed by atoms with E-state index in [-0.39, 0.29) is 6.03 Å². The summed E-state index contributed by atoms with van der Waals surface area (Å²) in [5.41, 5.74) is 0. The third-order valence-electron chi connectivity index (χ3n) is 5.59. The quantitative estimate of drug-likeness (QED) is 0.826. The number of likely N-dealkylation sites (tertiary alicyclic amines) is 1. The van der Waals surface area contributed by atoms with Crippen molar-refractivity contribution < 1.29 is 14.3 Å². The van der Waals surface area contributed by atoms with Gasteiger partial charge in [0, 0.05) is 45.9 Å². The topological polar surface area (TPSA) is 54.0 Å². The largest absolute Gasteiger partial charge is 0.379 e. The molecule has 6 nitrogen and oxygen atoms in total. The molecule has 0 aliphatic carbocycles. The molecule has 3 heterocycles. The molecule has 2 atom stereocenters. The first-order chi connectivity index (χ1) is 11.7. The number of nitrogens with one attached hydrogen (secondary N) is 1. The van der Waals surface area contributed by atoms with E-state index >= 15 is 0 Å². The highest BCUT2D eigenvalue weighted by Crippen LogP contribution is 2.28. The van der Waals surface area contributed by atoms with Gasteiger partial charge < -0.3 is 19.7 Å². The van der Waals surface area contributed by atoms with Crippen LogP contribution in [0.5, 0.6) is 0 Å². The minimum absolute atomic E-state index is 0.106. The molecule has 0 saturated carbocycles. The maximum Gasteiger partial charge on any atom is 0.317 e. The molecule has 0 aromatic heterocycles. The molecule has 3 aliphatic rings. The lowest BCUT2D eigenvalue weighted by Crippen LogP contribution is -2.48. The van der Waals surface area contributed by atoms with Crippen LogP contribution < -0.4 is 5.32 Å². The molecular formula is C18H33N3O3. The van der Waals surface area contributed by atoms with Crippen LogP contribution in [-0.2, 0) is 9.47 Å². The van der Waals surface area contributed by atoms with Crippen LogP contribution in [0.25, 0.3) is 0 Å². The van der Waals surface area contributed by atoms with E-state index in [2.05, 4.69) is 17.1 Å². The maximum atomic E-state index is 12.4. The predicted octanol–water partition coefficient (Wildman–Crippen LogP) is 1.56. The first-order valence-electron chi connectivity index (χ1n) is 9.67. The van der Waals surface area contributed by atoms with E-state index in [9.17, 15) is 4.79 Å². The molecule has 3 fully saturated rings. The smallest absolute Gasteiger partial charge is 0.317 e. The van der Waals surface area contributed by atoms with E-state index in [1.165, 1.54) is 12.8 Å². The van der Waals surface area contributed by atoms with E-state index < -0.39 is 0 Å². The molecule has 138 valence electrons. The highest BCUT2D eigenvalue weighted by molar-refractivity contribution is 5.74. The lowest BCUT2D eigenvalue weighted by Gasteiger charge is -2.35. The van der Waals surface area contributed by atoms with E-state index in [1.54, 1.807) is 0 Å². The lowest BCUT2D eigenvalue weighted by molar-refractivity contribution is 0.0313. The van der Waals surface area contributed by atoms with Gasteiger partial charge in [-0.05, 0) is 37.5 Å². The highest BCUT2D eigenvalue weighted by Gasteiger charge is 2.30. The van der Waals surface area contributed by atoms with Crippen molar-refractivity contribution in [3.63, 3.8) is 0 Å². The Labute approximate surface area is 145 Å². The fourth-order valence-corrected chi connectivity index (χ4v) is 4.11. The summed E-state index contributed by atoms with van der Waals surface area (Å²) >= 11 is 0. The van der Waals surface area contributed by atoms with Gasteiger partial charge in [0.05, 0.1) is 19.3 Å². The second kappa shape index (κ2) is 9.02. The zero-order valence-electron chi connectivity index (χ0n) is 15.0. The van der Waals surface area contributed by atoms with Crippen molar-refractivity contribution >= 4 is 6.03 Å². The number of nitrogens with zero attached hydrogens (tertiary/aromatic N) is 2. The van der Waals surface area contributed by atoms with Crippen LogP contribution in [0.15, 0.2) is 0 Å². The summed E-state index contributed by atoms with van der Waals surface area (Å²) in [5, 5.41) is 3.12. The van der Waals surface area contributed by atoms with Crippen LogP contribution in [0, 0.1) is 11.8 Å². The molecule has 2 amide bonds. The first-order valence-corrected chi connectivity index (χ1v) is 9.67. The Morgan fingerprint density at radius 3 is 2.54 bits per heavy atom. The van der Waals surface area contributed by atoms with Gasteiger partial charge in [0.2, 0.25) is 0 Å². The number of ether oxygens (including phenoxy) is 2. The van der Waals surface area contributed by atoms with Gasteiger partial charge in [0.15, 0.2) is 0 Å². The number of urea groups is 1. The summed E-state index contributed by atoms with van der Waals surface area (Å²) in [6.07, 6.45) is 5.02. The zero-order valence-corrected chi connectivity index (χ0v) is 15.0. The van der Waals surface area contributed by atoms with E-state index in [0.29, 0.717) is 17.9 Å². The molecule has 3 rings (SSSR count). The number of hydrogen-bond acceptors (Lipinski definition) is 4. The van der Waals surface area contributed by atoms with Crippen molar-refractivity contribution in [2.24, 2.45) is 11.8 Å². The average molecular weight is 339 g/mol. The Bertz CT molecular complexity index is 387. The van der Waals surface area contributed by atoms with Gasteiger partial charge in [-0.1, -0.05) is 6.92 Å². The molecule has 0 aromatic carbocycles. The molecular weight excluding hydrogens is 306 g/mol.